The molecule has 0 atom stereocenters. The number of carbonyl (C=O) groups excluding carboxylic acids is 1. The van der Waals surface area contributed by atoms with Gasteiger partial charge in [0.25, 0.3) is 5.91 Å². The van der Waals surface area contributed by atoms with Gasteiger partial charge in [0.1, 0.15) is 6.54 Å². The van der Waals surface area contributed by atoms with Crippen molar-refractivity contribution in [2.75, 3.05) is 6.54 Å². The first-order chi connectivity index (χ1) is 6.90. The highest BCUT2D eigenvalue weighted by Crippen LogP contribution is 2.16. The third-order valence-electron chi connectivity index (χ3n) is 1.57. The van der Waals surface area contributed by atoms with E-state index in [1.54, 1.807) is 11.4 Å². The van der Waals surface area contributed by atoms with Gasteiger partial charge in [-0.3, -0.25) is 4.79 Å². The van der Waals surface area contributed by atoms with Crippen LogP contribution < -0.4 is 5.32 Å². The second-order valence-electron chi connectivity index (χ2n) is 2.78. The quantitative estimate of drug-likeness (QED) is 0.842. The average molecular weight is 238 g/mol. The summed E-state index contributed by atoms with van der Waals surface area (Å²) in [4.78, 5) is 11.2. The number of benzene rings is 1. The molecule has 1 rings (SSSR count). The van der Waals surface area contributed by atoms with Gasteiger partial charge in [0, 0.05) is 0 Å². The van der Waals surface area contributed by atoms with Crippen LogP contribution in [0.2, 0.25) is 5.02 Å². The van der Waals surface area contributed by atoms with Crippen molar-refractivity contribution in [1.29, 1.82) is 0 Å². The van der Waals surface area contributed by atoms with Crippen molar-refractivity contribution in [3.05, 3.63) is 34.9 Å². The zero-order chi connectivity index (χ0) is 11.5. The first-order valence-electron chi connectivity index (χ1n) is 3.99. The molecule has 0 spiro atoms. The van der Waals surface area contributed by atoms with E-state index in [-0.39, 0.29) is 10.6 Å². The largest absolute Gasteiger partial charge is 0.405 e. The van der Waals surface area contributed by atoms with Gasteiger partial charge < -0.3 is 5.32 Å². The van der Waals surface area contributed by atoms with Crippen molar-refractivity contribution in [1.82, 2.24) is 5.32 Å². The first kappa shape index (κ1) is 11.8. The molecule has 0 bridgehead atoms. The molecule has 0 fully saturated rings. The third kappa shape index (κ3) is 3.79. The van der Waals surface area contributed by atoms with E-state index in [2.05, 4.69) is 0 Å². The lowest BCUT2D eigenvalue weighted by molar-refractivity contribution is -0.123. The van der Waals surface area contributed by atoms with Crippen LogP contribution >= 0.6 is 11.6 Å². The third-order valence-corrected chi connectivity index (χ3v) is 1.90. The molecule has 0 aromatic heterocycles. The first-order valence-corrected chi connectivity index (χ1v) is 4.37. The number of hydrogen-bond acceptors (Lipinski definition) is 1. The van der Waals surface area contributed by atoms with Crippen LogP contribution in [0.25, 0.3) is 0 Å². The number of hydrogen-bond donors (Lipinski definition) is 1. The summed E-state index contributed by atoms with van der Waals surface area (Å²) in [5.41, 5.74) is 0.0309. The lowest BCUT2D eigenvalue weighted by atomic mass is 10.2. The van der Waals surface area contributed by atoms with Crippen LogP contribution in [-0.4, -0.2) is 18.6 Å². The minimum absolute atomic E-state index is 0.0309. The van der Waals surface area contributed by atoms with Gasteiger partial charge in [-0.1, -0.05) is 23.7 Å². The highest BCUT2D eigenvalue weighted by atomic mass is 35.5. The summed E-state index contributed by atoms with van der Waals surface area (Å²) in [6.07, 6.45) is -4.42. The molecule has 15 heavy (non-hydrogen) atoms. The minimum atomic E-state index is -4.42. The molecule has 1 aromatic rings. The van der Waals surface area contributed by atoms with E-state index >= 15 is 0 Å². The summed E-state index contributed by atoms with van der Waals surface area (Å²) in [5.74, 6) is -0.835. The van der Waals surface area contributed by atoms with Crippen LogP contribution in [-0.2, 0) is 0 Å². The maximum absolute atomic E-state index is 11.8. The summed E-state index contributed by atoms with van der Waals surface area (Å²) >= 11 is 5.63. The Balaban J connectivity index is 2.66. The normalized spacial score (nSPS) is 11.2. The van der Waals surface area contributed by atoms with Gasteiger partial charge >= 0.3 is 6.18 Å². The fourth-order valence-electron chi connectivity index (χ4n) is 0.921. The zero-order valence-electron chi connectivity index (χ0n) is 7.44. The van der Waals surface area contributed by atoms with E-state index in [1.165, 1.54) is 18.2 Å². The Bertz CT molecular complexity index is 365. The lowest BCUT2D eigenvalue weighted by Gasteiger charge is -2.08. The zero-order valence-corrected chi connectivity index (χ0v) is 8.19. The molecule has 0 aliphatic heterocycles. The van der Waals surface area contributed by atoms with Crippen molar-refractivity contribution >= 4 is 17.5 Å². The van der Waals surface area contributed by atoms with Crippen LogP contribution in [0.4, 0.5) is 13.2 Å². The Morgan fingerprint density at radius 1 is 1.33 bits per heavy atom. The van der Waals surface area contributed by atoms with Crippen molar-refractivity contribution in [2.24, 2.45) is 0 Å². The number of halogens is 4. The summed E-state index contributed by atoms with van der Waals surface area (Å²) in [6, 6.07) is 5.90. The van der Waals surface area contributed by atoms with Crippen LogP contribution in [0, 0.1) is 0 Å². The highest BCUT2D eigenvalue weighted by Gasteiger charge is 2.28. The summed E-state index contributed by atoms with van der Waals surface area (Å²) in [7, 11) is 0. The Morgan fingerprint density at radius 2 is 1.93 bits per heavy atom. The van der Waals surface area contributed by atoms with Crippen LogP contribution in [0.1, 0.15) is 10.4 Å². The van der Waals surface area contributed by atoms with Gasteiger partial charge in [0.15, 0.2) is 0 Å². The summed E-state index contributed by atoms with van der Waals surface area (Å²) in [6.45, 7) is -1.36. The van der Waals surface area contributed by atoms with Crippen molar-refractivity contribution in [3.63, 3.8) is 0 Å². The van der Waals surface area contributed by atoms with Gasteiger partial charge in [0.2, 0.25) is 0 Å². The van der Waals surface area contributed by atoms with Gasteiger partial charge in [-0.25, -0.2) is 0 Å². The Labute approximate surface area is 89.0 Å². The molecule has 0 aliphatic rings. The predicted molar refractivity (Wildman–Crippen MR) is 49.8 cm³/mol. The van der Waals surface area contributed by atoms with Crippen molar-refractivity contribution < 1.29 is 18.0 Å². The highest BCUT2D eigenvalue weighted by molar-refractivity contribution is 6.33. The molecule has 0 unspecified atom stereocenters. The Kier molecular flexibility index (Phi) is 3.57. The molecule has 82 valence electrons. The topological polar surface area (TPSA) is 29.1 Å². The molecule has 1 amide bonds. The minimum Gasteiger partial charge on any atom is -0.343 e. The molecule has 2 nitrogen and oxygen atoms in total. The van der Waals surface area contributed by atoms with Gasteiger partial charge in [-0.05, 0) is 12.1 Å². The SMILES string of the molecule is O=C(NCC(F)(F)F)c1ccccc1Cl. The molecule has 1 aromatic carbocycles. The van der Waals surface area contributed by atoms with E-state index in [0.29, 0.717) is 0 Å². The fourth-order valence-corrected chi connectivity index (χ4v) is 1.14. The molecular formula is C9H7ClF3NO. The maximum Gasteiger partial charge on any atom is 0.405 e. The smallest absolute Gasteiger partial charge is 0.343 e. The van der Waals surface area contributed by atoms with Crippen LogP contribution in [0.5, 0.6) is 0 Å². The number of rotatable bonds is 2. The van der Waals surface area contributed by atoms with Crippen LogP contribution in [0.15, 0.2) is 24.3 Å². The second kappa shape index (κ2) is 4.53. The molecule has 0 heterocycles. The number of alkyl halides is 3. The van der Waals surface area contributed by atoms with Gasteiger partial charge in [-0.2, -0.15) is 13.2 Å². The predicted octanol–water partition coefficient (Wildman–Crippen LogP) is 2.63. The molecule has 0 saturated heterocycles. The van der Waals surface area contributed by atoms with E-state index in [9.17, 15) is 18.0 Å². The molecular weight excluding hydrogens is 231 g/mol. The van der Waals surface area contributed by atoms with Gasteiger partial charge in [-0.15, -0.1) is 0 Å². The molecule has 0 aliphatic carbocycles. The van der Waals surface area contributed by atoms with E-state index < -0.39 is 18.6 Å². The molecule has 6 heteroatoms. The van der Waals surface area contributed by atoms with Crippen LogP contribution in [0.3, 0.4) is 0 Å². The molecule has 0 saturated carbocycles. The van der Waals surface area contributed by atoms with E-state index in [0.717, 1.165) is 0 Å². The maximum atomic E-state index is 11.8. The summed E-state index contributed by atoms with van der Waals surface area (Å²) < 4.78 is 35.4. The van der Waals surface area contributed by atoms with Gasteiger partial charge in [0.05, 0.1) is 10.6 Å². The Hall–Kier alpha value is -1.23. The standard InChI is InChI=1S/C9H7ClF3NO/c10-7-4-2-1-3-6(7)8(15)14-5-9(11,12)13/h1-4H,5H2,(H,14,15). The number of carbonyl (C=O) groups is 1. The van der Waals surface area contributed by atoms with Crippen molar-refractivity contribution in [3.8, 4) is 0 Å². The van der Waals surface area contributed by atoms with Crippen molar-refractivity contribution in [2.45, 2.75) is 6.18 Å². The molecule has 0 radical (unpaired) electrons. The lowest BCUT2D eigenvalue weighted by Crippen LogP contribution is -2.33. The number of nitrogens with one attached hydrogen (secondary N) is 1. The van der Waals surface area contributed by atoms with E-state index in [4.69, 9.17) is 11.6 Å². The Morgan fingerprint density at radius 3 is 2.47 bits per heavy atom. The monoisotopic (exact) mass is 237 g/mol. The average Bonchev–Trinajstić information content (AvgIpc) is 2.14. The summed E-state index contributed by atoms with van der Waals surface area (Å²) in [5, 5.41) is 1.85. The fraction of sp³-hybridized carbons (Fsp3) is 0.222. The molecule has 1 N–H and O–H groups in total. The second-order valence-corrected chi connectivity index (χ2v) is 3.18. The number of amides is 1. The van der Waals surface area contributed by atoms with E-state index in [1.807, 2.05) is 0 Å².